The van der Waals surface area contributed by atoms with E-state index < -0.39 is 5.97 Å². The fourth-order valence-corrected chi connectivity index (χ4v) is 4.10. The van der Waals surface area contributed by atoms with Crippen LogP contribution in [0.3, 0.4) is 0 Å². The molecule has 0 saturated carbocycles. The third kappa shape index (κ3) is 3.63. The van der Waals surface area contributed by atoms with E-state index in [9.17, 15) is 9.59 Å². The molecule has 0 saturated heterocycles. The minimum Gasteiger partial charge on any atom is -0.498 e. The van der Waals surface area contributed by atoms with E-state index in [4.69, 9.17) is 15.6 Å². The number of ether oxygens (including phenoxy) is 1. The quantitative estimate of drug-likeness (QED) is 0.788. The maximum atomic E-state index is 13.2. The first-order chi connectivity index (χ1) is 14.0. The molecule has 0 spiro atoms. The number of rotatable bonds is 6. The number of anilines is 1. The van der Waals surface area contributed by atoms with E-state index in [1.807, 2.05) is 36.4 Å². The Labute approximate surface area is 169 Å². The summed E-state index contributed by atoms with van der Waals surface area (Å²) in [6, 6.07) is 13.6. The summed E-state index contributed by atoms with van der Waals surface area (Å²) < 4.78 is 5.54. The number of amides is 1. The summed E-state index contributed by atoms with van der Waals surface area (Å²) in [4.78, 5) is 25.7. The van der Waals surface area contributed by atoms with Crippen molar-refractivity contribution in [2.24, 2.45) is 5.73 Å². The van der Waals surface area contributed by atoms with Crippen molar-refractivity contribution < 1.29 is 19.4 Å². The summed E-state index contributed by atoms with van der Waals surface area (Å²) in [5.74, 6) is -0.289. The average molecular weight is 392 g/mol. The van der Waals surface area contributed by atoms with Crippen LogP contribution in [0.5, 0.6) is 0 Å². The number of benzene rings is 2. The first-order valence-corrected chi connectivity index (χ1v) is 9.76. The Morgan fingerprint density at radius 3 is 2.69 bits per heavy atom. The van der Waals surface area contributed by atoms with Crippen LogP contribution in [0, 0.1) is 0 Å². The van der Waals surface area contributed by atoms with E-state index in [0.717, 1.165) is 35.2 Å². The summed E-state index contributed by atoms with van der Waals surface area (Å²) in [6.45, 7) is 0.385. The molecule has 29 heavy (non-hydrogen) atoms. The molecule has 1 aliphatic carbocycles. The highest BCUT2D eigenvalue weighted by Crippen LogP contribution is 2.36. The van der Waals surface area contributed by atoms with Crippen LogP contribution in [0.25, 0.3) is 5.57 Å². The lowest BCUT2D eigenvalue weighted by Crippen LogP contribution is -2.26. The van der Waals surface area contributed by atoms with E-state index in [2.05, 4.69) is 6.07 Å². The standard InChI is InChI=1S/C23H24N2O4/c1-29-20-13-25(17-8-9-18-16(12-17)7-10-19(18)24)23(28)22(20)15-5-2-14(3-6-15)4-11-21(26)27/h2-3,5-6,8-9,12,19H,4,7,10-11,13,24H2,1H3,(H,26,27). The molecule has 1 atom stereocenters. The molecule has 0 radical (unpaired) electrons. The van der Waals surface area contributed by atoms with E-state index in [0.29, 0.717) is 24.3 Å². The molecule has 150 valence electrons. The molecule has 2 aromatic rings. The minimum atomic E-state index is -0.824. The van der Waals surface area contributed by atoms with Gasteiger partial charge in [-0.2, -0.15) is 0 Å². The Balaban J connectivity index is 1.58. The van der Waals surface area contributed by atoms with E-state index in [1.54, 1.807) is 12.0 Å². The number of carboxylic acid groups (broad SMARTS) is 1. The smallest absolute Gasteiger partial charge is 0.303 e. The zero-order valence-electron chi connectivity index (χ0n) is 16.4. The van der Waals surface area contributed by atoms with Gasteiger partial charge in [0.2, 0.25) is 0 Å². The number of carbonyl (C=O) groups is 2. The number of hydrogen-bond donors (Lipinski definition) is 2. The molecule has 6 nitrogen and oxygen atoms in total. The van der Waals surface area contributed by atoms with Crippen molar-refractivity contribution in [3.8, 4) is 0 Å². The van der Waals surface area contributed by atoms with Gasteiger partial charge in [0.25, 0.3) is 5.91 Å². The van der Waals surface area contributed by atoms with Gasteiger partial charge >= 0.3 is 5.97 Å². The summed E-state index contributed by atoms with van der Waals surface area (Å²) in [5.41, 5.74) is 11.6. The monoisotopic (exact) mass is 392 g/mol. The van der Waals surface area contributed by atoms with Crippen molar-refractivity contribution in [3.05, 3.63) is 70.5 Å². The maximum absolute atomic E-state index is 13.2. The fourth-order valence-electron chi connectivity index (χ4n) is 4.10. The highest BCUT2D eigenvalue weighted by Gasteiger charge is 2.34. The van der Waals surface area contributed by atoms with Gasteiger partial charge in [0.15, 0.2) is 0 Å². The highest BCUT2D eigenvalue weighted by atomic mass is 16.5. The van der Waals surface area contributed by atoms with Crippen LogP contribution in [0.1, 0.15) is 41.1 Å². The van der Waals surface area contributed by atoms with Crippen LogP contribution < -0.4 is 10.6 Å². The van der Waals surface area contributed by atoms with Gasteiger partial charge in [-0.15, -0.1) is 0 Å². The van der Waals surface area contributed by atoms with Crippen molar-refractivity contribution >= 4 is 23.1 Å². The highest BCUT2D eigenvalue weighted by molar-refractivity contribution is 6.29. The average Bonchev–Trinajstić information content (AvgIpc) is 3.26. The van der Waals surface area contributed by atoms with Crippen molar-refractivity contribution in [1.29, 1.82) is 0 Å². The molecule has 4 rings (SSSR count). The van der Waals surface area contributed by atoms with Crippen molar-refractivity contribution in [2.45, 2.75) is 31.7 Å². The summed E-state index contributed by atoms with van der Waals surface area (Å²) in [5, 5.41) is 8.83. The summed E-state index contributed by atoms with van der Waals surface area (Å²) in [6.07, 6.45) is 2.42. The number of carbonyl (C=O) groups excluding carboxylic acids is 1. The topological polar surface area (TPSA) is 92.9 Å². The number of fused-ring (bicyclic) bond motifs is 1. The Bertz CT molecular complexity index is 994. The van der Waals surface area contributed by atoms with Crippen LogP contribution in [-0.4, -0.2) is 30.6 Å². The number of aliphatic carboxylic acids is 1. The van der Waals surface area contributed by atoms with Crippen LogP contribution in [-0.2, 0) is 27.2 Å². The van der Waals surface area contributed by atoms with Gasteiger partial charge in [0.05, 0.1) is 19.2 Å². The normalized spacial score (nSPS) is 18.3. The lowest BCUT2D eigenvalue weighted by atomic mass is 10.0. The van der Waals surface area contributed by atoms with Crippen LogP contribution in [0.15, 0.2) is 48.2 Å². The summed E-state index contributed by atoms with van der Waals surface area (Å²) in [7, 11) is 1.58. The number of carboxylic acids is 1. The predicted molar refractivity (Wildman–Crippen MR) is 110 cm³/mol. The minimum absolute atomic E-state index is 0.0798. The third-order valence-corrected chi connectivity index (χ3v) is 5.72. The van der Waals surface area contributed by atoms with Gasteiger partial charge in [0.1, 0.15) is 5.76 Å². The Morgan fingerprint density at radius 2 is 2.00 bits per heavy atom. The van der Waals surface area contributed by atoms with E-state index in [-0.39, 0.29) is 18.4 Å². The molecule has 2 aliphatic rings. The summed E-state index contributed by atoms with van der Waals surface area (Å²) >= 11 is 0. The molecule has 1 amide bonds. The van der Waals surface area contributed by atoms with E-state index in [1.165, 1.54) is 5.56 Å². The number of nitrogens with two attached hydrogens (primary N) is 1. The van der Waals surface area contributed by atoms with Crippen LogP contribution in [0.4, 0.5) is 5.69 Å². The van der Waals surface area contributed by atoms with Gasteiger partial charge < -0.3 is 20.5 Å². The second kappa shape index (κ2) is 7.72. The molecular formula is C23H24N2O4. The zero-order chi connectivity index (χ0) is 20.5. The molecule has 6 heteroatoms. The molecule has 1 heterocycles. The lowest BCUT2D eigenvalue weighted by molar-refractivity contribution is -0.137. The van der Waals surface area contributed by atoms with Gasteiger partial charge in [-0.05, 0) is 53.6 Å². The lowest BCUT2D eigenvalue weighted by Gasteiger charge is -2.18. The number of hydrogen-bond acceptors (Lipinski definition) is 4. The van der Waals surface area contributed by atoms with Crippen molar-refractivity contribution in [2.75, 3.05) is 18.6 Å². The molecule has 1 unspecified atom stereocenters. The first-order valence-electron chi connectivity index (χ1n) is 9.76. The second-order valence-corrected chi connectivity index (χ2v) is 7.51. The number of methoxy groups -OCH3 is 1. The second-order valence-electron chi connectivity index (χ2n) is 7.51. The molecule has 2 aromatic carbocycles. The van der Waals surface area contributed by atoms with Crippen molar-refractivity contribution in [3.63, 3.8) is 0 Å². The van der Waals surface area contributed by atoms with E-state index >= 15 is 0 Å². The largest absolute Gasteiger partial charge is 0.498 e. The van der Waals surface area contributed by atoms with Gasteiger partial charge in [-0.3, -0.25) is 9.59 Å². The van der Waals surface area contributed by atoms with Crippen molar-refractivity contribution in [1.82, 2.24) is 0 Å². The number of nitrogens with zero attached hydrogens (tertiary/aromatic N) is 1. The Morgan fingerprint density at radius 1 is 1.24 bits per heavy atom. The van der Waals surface area contributed by atoms with Gasteiger partial charge in [-0.25, -0.2) is 0 Å². The number of aryl methyl sites for hydroxylation is 2. The Kier molecular flexibility index (Phi) is 5.11. The molecular weight excluding hydrogens is 368 g/mol. The molecule has 3 N–H and O–H groups in total. The zero-order valence-corrected chi connectivity index (χ0v) is 16.4. The van der Waals surface area contributed by atoms with Crippen LogP contribution in [0.2, 0.25) is 0 Å². The predicted octanol–water partition coefficient (Wildman–Crippen LogP) is 3.05. The Hall–Kier alpha value is -3.12. The third-order valence-electron chi connectivity index (χ3n) is 5.72. The fraction of sp³-hybridized carbons (Fsp3) is 0.304. The van der Waals surface area contributed by atoms with Crippen LogP contribution >= 0.6 is 0 Å². The maximum Gasteiger partial charge on any atom is 0.303 e. The molecule has 0 fully saturated rings. The SMILES string of the molecule is COC1=C(c2ccc(CCC(=O)O)cc2)C(=O)N(c2ccc3c(c2)CCC3N)C1. The molecule has 0 aromatic heterocycles. The van der Waals surface area contributed by atoms with Gasteiger partial charge in [-0.1, -0.05) is 30.3 Å². The molecule has 1 aliphatic heterocycles. The molecule has 0 bridgehead atoms. The van der Waals surface area contributed by atoms with Gasteiger partial charge in [0, 0.05) is 18.2 Å². The first kappa shape index (κ1) is 19.2.